The second kappa shape index (κ2) is 6.75. The molecule has 2 unspecified atom stereocenters. The summed E-state index contributed by atoms with van der Waals surface area (Å²) in [5, 5.41) is 5.27. The van der Waals surface area contributed by atoms with Gasteiger partial charge in [0.05, 0.1) is 5.92 Å². The Morgan fingerprint density at radius 3 is 2.26 bits per heavy atom. The Morgan fingerprint density at radius 1 is 1.21 bits per heavy atom. The molecule has 3 amide bonds. The molecule has 1 rings (SSSR count). The lowest BCUT2D eigenvalue weighted by atomic mass is 10.0. The first-order valence-corrected chi connectivity index (χ1v) is 6.09. The Bertz CT molecular complexity index is 442. The van der Waals surface area contributed by atoms with Gasteiger partial charge in [0, 0.05) is 18.3 Å². The van der Waals surface area contributed by atoms with E-state index in [-0.39, 0.29) is 17.9 Å². The molecule has 0 heterocycles. The van der Waals surface area contributed by atoms with Crippen LogP contribution in [0, 0.1) is 5.92 Å². The molecule has 0 aliphatic heterocycles. The van der Waals surface area contributed by atoms with E-state index in [2.05, 4.69) is 10.6 Å². The van der Waals surface area contributed by atoms with Crippen LogP contribution < -0.4 is 22.1 Å². The summed E-state index contributed by atoms with van der Waals surface area (Å²) in [6.45, 7) is 3.94. The molecule has 0 aliphatic rings. The van der Waals surface area contributed by atoms with E-state index in [4.69, 9.17) is 11.5 Å². The van der Waals surface area contributed by atoms with Gasteiger partial charge >= 0.3 is 6.03 Å². The molecule has 1 aromatic rings. The summed E-state index contributed by atoms with van der Waals surface area (Å²) in [5.74, 6) is -0.366. The maximum absolute atomic E-state index is 11.8. The molecule has 6 nitrogen and oxygen atoms in total. The van der Waals surface area contributed by atoms with Crippen molar-refractivity contribution in [3.63, 3.8) is 0 Å². The molecular weight excluding hydrogens is 244 g/mol. The fourth-order valence-corrected chi connectivity index (χ4v) is 1.39. The number of carbonyl (C=O) groups is 2. The highest BCUT2D eigenvalue weighted by Crippen LogP contribution is 2.11. The van der Waals surface area contributed by atoms with Crippen LogP contribution in [0.4, 0.5) is 10.5 Å². The van der Waals surface area contributed by atoms with Gasteiger partial charge in [-0.25, -0.2) is 4.79 Å². The first kappa shape index (κ1) is 15.0. The number of hydrogen-bond acceptors (Lipinski definition) is 3. The summed E-state index contributed by atoms with van der Waals surface area (Å²) in [6.07, 6.45) is 0. The Labute approximate surface area is 112 Å². The third-order valence-corrected chi connectivity index (χ3v) is 2.89. The highest BCUT2D eigenvalue weighted by molar-refractivity contribution is 5.92. The van der Waals surface area contributed by atoms with Crippen LogP contribution in [-0.2, 0) is 11.3 Å². The quantitative estimate of drug-likeness (QED) is 0.630. The standard InChI is InChI=1S/C13H20N4O2/c1-8(9(2)14)12(18)17-11-5-3-10(4-6-11)7-16-13(15)19/h3-6,8-9H,7,14H2,1-2H3,(H,17,18)(H3,15,16,19). The van der Waals surface area contributed by atoms with Gasteiger partial charge < -0.3 is 22.1 Å². The number of amides is 3. The van der Waals surface area contributed by atoms with Crippen molar-refractivity contribution in [1.29, 1.82) is 0 Å². The number of benzene rings is 1. The second-order valence-electron chi connectivity index (χ2n) is 4.55. The summed E-state index contributed by atoms with van der Waals surface area (Å²) in [4.78, 5) is 22.4. The van der Waals surface area contributed by atoms with Crippen molar-refractivity contribution in [3.8, 4) is 0 Å². The molecular formula is C13H20N4O2. The van der Waals surface area contributed by atoms with Crippen molar-refractivity contribution in [2.45, 2.75) is 26.4 Å². The molecule has 6 heteroatoms. The van der Waals surface area contributed by atoms with E-state index in [1.165, 1.54) is 0 Å². The molecule has 19 heavy (non-hydrogen) atoms. The maximum Gasteiger partial charge on any atom is 0.312 e. The lowest BCUT2D eigenvalue weighted by Gasteiger charge is -2.15. The SMILES string of the molecule is CC(N)C(C)C(=O)Nc1ccc(CNC(N)=O)cc1. The van der Waals surface area contributed by atoms with Gasteiger partial charge in [0.2, 0.25) is 5.91 Å². The predicted octanol–water partition coefficient (Wildman–Crippen LogP) is 0.777. The molecule has 6 N–H and O–H groups in total. The fourth-order valence-electron chi connectivity index (χ4n) is 1.39. The first-order valence-electron chi connectivity index (χ1n) is 6.09. The van der Waals surface area contributed by atoms with E-state index in [0.717, 1.165) is 5.56 Å². The van der Waals surface area contributed by atoms with E-state index in [0.29, 0.717) is 12.2 Å². The lowest BCUT2D eigenvalue weighted by molar-refractivity contribution is -0.119. The zero-order valence-corrected chi connectivity index (χ0v) is 11.1. The summed E-state index contributed by atoms with van der Waals surface area (Å²) in [6, 6.07) is 6.39. The van der Waals surface area contributed by atoms with Gasteiger partial charge in [0.1, 0.15) is 0 Å². The summed E-state index contributed by atoms with van der Waals surface area (Å²) in [5.41, 5.74) is 12.2. The molecule has 0 saturated carbocycles. The molecule has 104 valence electrons. The van der Waals surface area contributed by atoms with E-state index in [1.54, 1.807) is 26.0 Å². The minimum atomic E-state index is -0.567. The van der Waals surface area contributed by atoms with Crippen molar-refractivity contribution in [3.05, 3.63) is 29.8 Å². The van der Waals surface area contributed by atoms with Crippen LogP contribution in [0.15, 0.2) is 24.3 Å². The number of hydrogen-bond donors (Lipinski definition) is 4. The van der Waals surface area contributed by atoms with Gasteiger partial charge in [-0.05, 0) is 24.6 Å². The monoisotopic (exact) mass is 264 g/mol. The van der Waals surface area contributed by atoms with Crippen molar-refractivity contribution < 1.29 is 9.59 Å². The zero-order valence-electron chi connectivity index (χ0n) is 11.1. The molecule has 0 aromatic heterocycles. The van der Waals surface area contributed by atoms with Gasteiger partial charge in [-0.1, -0.05) is 19.1 Å². The van der Waals surface area contributed by atoms with Crippen molar-refractivity contribution in [1.82, 2.24) is 5.32 Å². The van der Waals surface area contributed by atoms with E-state index >= 15 is 0 Å². The number of urea groups is 1. The van der Waals surface area contributed by atoms with Crippen LogP contribution in [0.5, 0.6) is 0 Å². The van der Waals surface area contributed by atoms with Crippen LogP contribution >= 0.6 is 0 Å². The molecule has 1 aromatic carbocycles. The number of nitrogens with two attached hydrogens (primary N) is 2. The van der Waals surface area contributed by atoms with Crippen LogP contribution in [0.25, 0.3) is 0 Å². The Morgan fingerprint density at radius 2 is 1.79 bits per heavy atom. The van der Waals surface area contributed by atoms with Crippen molar-refractivity contribution in [2.24, 2.45) is 17.4 Å². The minimum absolute atomic E-state index is 0.113. The topological polar surface area (TPSA) is 110 Å². The smallest absolute Gasteiger partial charge is 0.312 e. The highest BCUT2D eigenvalue weighted by Gasteiger charge is 2.16. The largest absolute Gasteiger partial charge is 0.352 e. The van der Waals surface area contributed by atoms with E-state index < -0.39 is 6.03 Å². The first-order chi connectivity index (χ1) is 8.90. The fraction of sp³-hybridized carbons (Fsp3) is 0.385. The third kappa shape index (κ3) is 4.97. The Hall–Kier alpha value is -2.08. The summed E-state index contributed by atoms with van der Waals surface area (Å²) < 4.78 is 0. The van der Waals surface area contributed by atoms with Gasteiger partial charge in [0.25, 0.3) is 0 Å². The lowest BCUT2D eigenvalue weighted by Crippen LogP contribution is -2.34. The molecule has 2 atom stereocenters. The number of anilines is 1. The van der Waals surface area contributed by atoms with Crippen LogP contribution in [0.2, 0.25) is 0 Å². The minimum Gasteiger partial charge on any atom is -0.352 e. The van der Waals surface area contributed by atoms with Gasteiger partial charge in [0.15, 0.2) is 0 Å². The van der Waals surface area contributed by atoms with Gasteiger partial charge in [-0.15, -0.1) is 0 Å². The molecule has 0 radical (unpaired) electrons. The summed E-state index contributed by atoms with van der Waals surface area (Å²) >= 11 is 0. The average molecular weight is 264 g/mol. The summed E-state index contributed by atoms with van der Waals surface area (Å²) in [7, 11) is 0. The van der Waals surface area contributed by atoms with E-state index in [9.17, 15) is 9.59 Å². The predicted molar refractivity (Wildman–Crippen MR) is 74.3 cm³/mol. The molecule has 0 aliphatic carbocycles. The normalized spacial score (nSPS) is 13.4. The third-order valence-electron chi connectivity index (χ3n) is 2.89. The molecule has 0 spiro atoms. The van der Waals surface area contributed by atoms with Gasteiger partial charge in [-0.2, -0.15) is 0 Å². The highest BCUT2D eigenvalue weighted by atomic mass is 16.2. The number of rotatable bonds is 5. The van der Waals surface area contributed by atoms with Crippen LogP contribution in [0.3, 0.4) is 0 Å². The molecule has 0 fully saturated rings. The van der Waals surface area contributed by atoms with Crippen molar-refractivity contribution >= 4 is 17.6 Å². The number of primary amides is 1. The Balaban J connectivity index is 2.57. The average Bonchev–Trinajstić information content (AvgIpc) is 2.36. The van der Waals surface area contributed by atoms with Gasteiger partial charge in [-0.3, -0.25) is 4.79 Å². The second-order valence-corrected chi connectivity index (χ2v) is 4.55. The molecule has 0 bridgehead atoms. The number of nitrogens with one attached hydrogen (secondary N) is 2. The Kier molecular flexibility index (Phi) is 5.32. The van der Waals surface area contributed by atoms with Crippen LogP contribution in [-0.4, -0.2) is 18.0 Å². The number of carbonyl (C=O) groups excluding carboxylic acids is 2. The van der Waals surface area contributed by atoms with Crippen molar-refractivity contribution in [2.75, 3.05) is 5.32 Å². The zero-order chi connectivity index (χ0) is 14.4. The van der Waals surface area contributed by atoms with E-state index in [1.807, 2.05) is 12.1 Å². The van der Waals surface area contributed by atoms with Crippen LogP contribution in [0.1, 0.15) is 19.4 Å². The molecule has 0 saturated heterocycles. The maximum atomic E-state index is 11.8.